The van der Waals surface area contributed by atoms with Gasteiger partial charge in [-0.15, -0.1) is 0 Å². The number of ether oxygens (including phenoxy) is 1. The summed E-state index contributed by atoms with van der Waals surface area (Å²) in [7, 11) is 1.46. The van der Waals surface area contributed by atoms with E-state index in [4.69, 9.17) is 4.74 Å². The van der Waals surface area contributed by atoms with E-state index in [1.165, 1.54) is 19.2 Å². The van der Waals surface area contributed by atoms with Crippen molar-refractivity contribution in [2.24, 2.45) is 0 Å². The minimum absolute atomic E-state index is 0.0190. The van der Waals surface area contributed by atoms with E-state index in [-0.39, 0.29) is 5.69 Å². The highest BCUT2D eigenvalue weighted by atomic mass is 32.1. The molecule has 0 bridgehead atoms. The van der Waals surface area contributed by atoms with Crippen LogP contribution in [0.3, 0.4) is 0 Å². The third-order valence-corrected chi connectivity index (χ3v) is 2.03. The highest BCUT2D eigenvalue weighted by molar-refractivity contribution is 7.80. The molecular formula is C11H11NO3S. The van der Waals surface area contributed by atoms with E-state index in [1.807, 2.05) is 0 Å². The van der Waals surface area contributed by atoms with Gasteiger partial charge in [0, 0.05) is 23.8 Å². The lowest BCUT2D eigenvalue weighted by atomic mass is 10.2. The molecule has 4 nitrogen and oxygen atoms in total. The summed E-state index contributed by atoms with van der Waals surface area (Å²) in [6.07, 6.45) is 0.647. The fourth-order valence-electron chi connectivity index (χ4n) is 1.10. The van der Waals surface area contributed by atoms with Gasteiger partial charge in [0.15, 0.2) is 0 Å². The summed E-state index contributed by atoms with van der Waals surface area (Å²) in [6.45, 7) is 0. The molecule has 16 heavy (non-hydrogen) atoms. The first kappa shape index (κ1) is 12.4. The molecule has 1 aromatic carbocycles. The van der Waals surface area contributed by atoms with Crippen LogP contribution in [-0.2, 0) is 0 Å². The smallest absolute Gasteiger partial charge is 0.274 e. The van der Waals surface area contributed by atoms with Gasteiger partial charge in [0.05, 0.1) is 18.1 Å². The standard InChI is InChI=1S/C11H11NO3S/c1-15-11-7-9(4-2-3-5-16)6-10(8-11)12(13)14/h6-8,16H,3,5H2,1H3. The van der Waals surface area contributed by atoms with Gasteiger partial charge in [0.25, 0.3) is 5.69 Å². The Morgan fingerprint density at radius 3 is 2.81 bits per heavy atom. The van der Waals surface area contributed by atoms with Crippen molar-refractivity contribution in [2.75, 3.05) is 12.9 Å². The Hall–Kier alpha value is -1.67. The zero-order valence-corrected chi connectivity index (χ0v) is 9.66. The second-order valence-corrected chi connectivity index (χ2v) is 3.40. The largest absolute Gasteiger partial charge is 0.496 e. The van der Waals surface area contributed by atoms with Gasteiger partial charge in [-0.3, -0.25) is 10.1 Å². The molecule has 0 spiro atoms. The molecular weight excluding hydrogens is 226 g/mol. The Morgan fingerprint density at radius 2 is 2.25 bits per heavy atom. The summed E-state index contributed by atoms with van der Waals surface area (Å²) >= 11 is 4.02. The molecule has 0 amide bonds. The lowest BCUT2D eigenvalue weighted by molar-refractivity contribution is -0.384. The second-order valence-electron chi connectivity index (χ2n) is 2.95. The zero-order chi connectivity index (χ0) is 12.0. The Balaban J connectivity index is 3.06. The summed E-state index contributed by atoms with van der Waals surface area (Å²) in [5, 5.41) is 10.6. The van der Waals surface area contributed by atoms with E-state index in [0.717, 1.165) is 0 Å². The van der Waals surface area contributed by atoms with E-state index >= 15 is 0 Å². The molecule has 0 saturated carbocycles. The number of hydrogen-bond acceptors (Lipinski definition) is 4. The van der Waals surface area contributed by atoms with Crippen molar-refractivity contribution in [3.05, 3.63) is 33.9 Å². The van der Waals surface area contributed by atoms with Gasteiger partial charge in [-0.1, -0.05) is 11.8 Å². The molecule has 0 aliphatic heterocycles. The van der Waals surface area contributed by atoms with Crippen LogP contribution in [0.4, 0.5) is 5.69 Å². The normalized spacial score (nSPS) is 9.12. The third-order valence-electron chi connectivity index (χ3n) is 1.81. The average Bonchev–Trinajstić information content (AvgIpc) is 2.29. The van der Waals surface area contributed by atoms with Crippen LogP contribution in [0.5, 0.6) is 5.75 Å². The quantitative estimate of drug-likeness (QED) is 0.380. The topological polar surface area (TPSA) is 52.4 Å². The molecule has 0 unspecified atom stereocenters. The van der Waals surface area contributed by atoms with Crippen LogP contribution in [0.1, 0.15) is 12.0 Å². The fourth-order valence-corrected chi connectivity index (χ4v) is 1.21. The first-order chi connectivity index (χ1) is 7.67. The number of non-ortho nitro benzene ring substituents is 1. The van der Waals surface area contributed by atoms with Gasteiger partial charge in [-0.25, -0.2) is 0 Å². The lowest BCUT2D eigenvalue weighted by Crippen LogP contribution is -1.91. The molecule has 0 N–H and O–H groups in total. The van der Waals surface area contributed by atoms with Crippen molar-refractivity contribution in [2.45, 2.75) is 6.42 Å². The maximum absolute atomic E-state index is 10.6. The number of rotatable bonds is 3. The highest BCUT2D eigenvalue weighted by Gasteiger charge is 2.08. The van der Waals surface area contributed by atoms with Crippen LogP contribution in [0.25, 0.3) is 0 Å². The predicted octanol–water partition coefficient (Wildman–Crippen LogP) is 2.27. The average molecular weight is 237 g/mol. The first-order valence-corrected chi connectivity index (χ1v) is 5.24. The maximum Gasteiger partial charge on any atom is 0.274 e. The second kappa shape index (κ2) is 6.03. The summed E-state index contributed by atoms with van der Waals surface area (Å²) in [5.41, 5.74) is 0.558. The number of methoxy groups -OCH3 is 1. The van der Waals surface area contributed by atoms with Crippen LogP contribution in [-0.4, -0.2) is 17.8 Å². The lowest BCUT2D eigenvalue weighted by Gasteiger charge is -2.00. The molecule has 0 saturated heterocycles. The van der Waals surface area contributed by atoms with Crippen LogP contribution < -0.4 is 4.74 Å². The van der Waals surface area contributed by atoms with E-state index in [0.29, 0.717) is 23.5 Å². The minimum atomic E-state index is -0.466. The summed E-state index contributed by atoms with van der Waals surface area (Å²) in [5.74, 6) is 6.80. The number of hydrogen-bond donors (Lipinski definition) is 1. The highest BCUT2D eigenvalue weighted by Crippen LogP contribution is 2.21. The molecule has 0 aromatic heterocycles. The molecule has 0 heterocycles. The maximum atomic E-state index is 10.6. The Kier molecular flexibility index (Phi) is 4.67. The number of benzene rings is 1. The van der Waals surface area contributed by atoms with Gasteiger partial charge < -0.3 is 4.74 Å². The number of nitro groups is 1. The van der Waals surface area contributed by atoms with Crippen molar-refractivity contribution in [3.63, 3.8) is 0 Å². The number of nitro benzene ring substituents is 1. The molecule has 0 radical (unpaired) electrons. The molecule has 84 valence electrons. The summed E-state index contributed by atoms with van der Waals surface area (Å²) in [4.78, 5) is 10.2. The Labute approximate surface area is 99.2 Å². The molecule has 0 fully saturated rings. The molecule has 0 aliphatic carbocycles. The van der Waals surface area contributed by atoms with Gasteiger partial charge in [0.1, 0.15) is 5.75 Å². The van der Waals surface area contributed by atoms with Crippen molar-refractivity contribution in [1.82, 2.24) is 0 Å². The summed E-state index contributed by atoms with van der Waals surface area (Å²) in [6, 6.07) is 4.45. The number of thiol groups is 1. The molecule has 1 aromatic rings. The first-order valence-electron chi connectivity index (χ1n) is 4.60. The van der Waals surface area contributed by atoms with Gasteiger partial charge >= 0.3 is 0 Å². The summed E-state index contributed by atoms with van der Waals surface area (Å²) < 4.78 is 4.96. The Morgan fingerprint density at radius 1 is 1.50 bits per heavy atom. The SMILES string of the molecule is COc1cc(C#CCCS)cc([N+](=O)[O-])c1. The molecule has 0 aliphatic rings. The fraction of sp³-hybridized carbons (Fsp3) is 0.273. The van der Waals surface area contributed by atoms with Crippen molar-refractivity contribution in [3.8, 4) is 17.6 Å². The predicted molar refractivity (Wildman–Crippen MR) is 65.0 cm³/mol. The zero-order valence-electron chi connectivity index (χ0n) is 8.77. The van der Waals surface area contributed by atoms with Crippen LogP contribution >= 0.6 is 12.6 Å². The molecule has 5 heteroatoms. The van der Waals surface area contributed by atoms with E-state index in [2.05, 4.69) is 24.5 Å². The van der Waals surface area contributed by atoms with Crippen molar-refractivity contribution >= 4 is 18.3 Å². The van der Waals surface area contributed by atoms with Crippen molar-refractivity contribution in [1.29, 1.82) is 0 Å². The Bertz CT molecular complexity index is 448. The molecule has 1 rings (SSSR count). The van der Waals surface area contributed by atoms with E-state index in [9.17, 15) is 10.1 Å². The van der Waals surface area contributed by atoms with E-state index < -0.39 is 4.92 Å². The van der Waals surface area contributed by atoms with Crippen LogP contribution in [0, 0.1) is 22.0 Å². The van der Waals surface area contributed by atoms with E-state index in [1.54, 1.807) is 6.07 Å². The van der Waals surface area contributed by atoms with Gasteiger partial charge in [0.2, 0.25) is 0 Å². The van der Waals surface area contributed by atoms with Gasteiger partial charge in [-0.05, 0) is 6.07 Å². The van der Waals surface area contributed by atoms with Gasteiger partial charge in [-0.2, -0.15) is 12.6 Å². The third kappa shape index (κ3) is 3.48. The molecule has 0 atom stereocenters. The monoisotopic (exact) mass is 237 g/mol. The van der Waals surface area contributed by atoms with Crippen LogP contribution in [0.15, 0.2) is 18.2 Å². The van der Waals surface area contributed by atoms with Crippen LogP contribution in [0.2, 0.25) is 0 Å². The minimum Gasteiger partial charge on any atom is -0.496 e. The number of nitrogens with zero attached hydrogens (tertiary/aromatic N) is 1. The van der Waals surface area contributed by atoms with Crippen molar-refractivity contribution < 1.29 is 9.66 Å².